The molecule has 0 amide bonds. The Labute approximate surface area is 96.6 Å². The van der Waals surface area contributed by atoms with Gasteiger partial charge in [-0.2, -0.15) is 0 Å². The zero-order chi connectivity index (χ0) is 10.1. The summed E-state index contributed by atoms with van der Waals surface area (Å²) in [5.74, 6) is 0. The van der Waals surface area contributed by atoms with Crippen molar-refractivity contribution in [2.24, 2.45) is 0 Å². The summed E-state index contributed by atoms with van der Waals surface area (Å²) in [6, 6.07) is 4.20. The van der Waals surface area contributed by atoms with E-state index in [1.165, 1.54) is 5.39 Å². The van der Waals surface area contributed by atoms with E-state index >= 15 is 0 Å². The molecule has 0 saturated heterocycles. The lowest BCUT2D eigenvalue weighted by Gasteiger charge is -2.08. The summed E-state index contributed by atoms with van der Waals surface area (Å²) in [5.41, 5.74) is 0.941. The van der Waals surface area contributed by atoms with Crippen molar-refractivity contribution in [1.29, 1.82) is 0 Å². The Kier molecular flexibility index (Phi) is 3.07. The Bertz CT molecular complexity index is 462. The van der Waals surface area contributed by atoms with Gasteiger partial charge in [0.05, 0.1) is 6.61 Å². The van der Waals surface area contributed by atoms with Crippen molar-refractivity contribution in [3.63, 3.8) is 0 Å². The summed E-state index contributed by atoms with van der Waals surface area (Å²) in [6.45, 7) is 0.0584. The average molecular weight is 242 g/mol. The van der Waals surface area contributed by atoms with Crippen LogP contribution in [0.2, 0.25) is 0 Å². The van der Waals surface area contributed by atoms with Gasteiger partial charge in [0.1, 0.15) is 0 Å². The van der Waals surface area contributed by atoms with Gasteiger partial charge in [-0.1, -0.05) is 0 Å². The fourth-order valence-electron chi connectivity index (χ4n) is 1.44. The highest BCUT2D eigenvalue weighted by atomic mass is 32.2. The molecule has 1 nitrogen and oxygen atoms in total. The third-order valence-corrected chi connectivity index (χ3v) is 4.56. The van der Waals surface area contributed by atoms with Gasteiger partial charge in [-0.15, -0.1) is 35.7 Å². The van der Waals surface area contributed by atoms with E-state index in [-0.39, 0.29) is 6.61 Å². The number of thiophene rings is 1. The molecule has 0 aliphatic heterocycles. The molecule has 4 heteroatoms. The molecule has 2 rings (SSSR count). The number of thioether (sulfide) groups is 1. The van der Waals surface area contributed by atoms with E-state index in [1.807, 2.05) is 6.26 Å². The molecular formula is C10H10OS3. The molecule has 0 atom stereocenters. The molecule has 0 aliphatic rings. The molecule has 0 bridgehead atoms. The smallest absolute Gasteiger partial charge is 0.0704 e. The van der Waals surface area contributed by atoms with Crippen LogP contribution < -0.4 is 0 Å². The SMILES string of the molecule is CSc1cc2ccsc2c(S)c1CO. The number of benzene rings is 1. The van der Waals surface area contributed by atoms with Crippen molar-refractivity contribution < 1.29 is 5.11 Å². The summed E-state index contributed by atoms with van der Waals surface area (Å²) in [4.78, 5) is 2.03. The first-order valence-corrected chi connectivity index (χ1v) is 6.70. The molecule has 0 spiro atoms. The summed E-state index contributed by atoms with van der Waals surface area (Å²) >= 11 is 7.78. The second-order valence-corrected chi connectivity index (χ2v) is 5.11. The molecule has 0 saturated carbocycles. The van der Waals surface area contributed by atoms with Gasteiger partial charge in [0.25, 0.3) is 0 Å². The van der Waals surface area contributed by atoms with E-state index in [0.717, 1.165) is 20.1 Å². The number of aliphatic hydroxyl groups is 1. The number of hydrogen-bond acceptors (Lipinski definition) is 4. The molecule has 14 heavy (non-hydrogen) atoms. The number of fused-ring (bicyclic) bond motifs is 1. The number of aliphatic hydroxyl groups excluding tert-OH is 1. The average Bonchev–Trinajstić information content (AvgIpc) is 2.65. The van der Waals surface area contributed by atoms with Crippen LogP contribution in [0.4, 0.5) is 0 Å². The lowest BCUT2D eigenvalue weighted by Crippen LogP contribution is -1.89. The molecule has 0 unspecified atom stereocenters. The third-order valence-electron chi connectivity index (χ3n) is 2.16. The fourth-order valence-corrected chi connectivity index (χ4v) is 3.50. The lowest BCUT2D eigenvalue weighted by molar-refractivity contribution is 0.276. The largest absolute Gasteiger partial charge is 0.392 e. The van der Waals surface area contributed by atoms with Crippen LogP contribution in [0.25, 0.3) is 10.1 Å². The normalized spacial score (nSPS) is 11.1. The second kappa shape index (κ2) is 4.14. The van der Waals surface area contributed by atoms with Crippen molar-refractivity contribution in [1.82, 2.24) is 0 Å². The molecule has 0 aliphatic carbocycles. The minimum absolute atomic E-state index is 0.0584. The first-order chi connectivity index (χ1) is 6.77. The second-order valence-electron chi connectivity index (χ2n) is 2.90. The first-order valence-electron chi connectivity index (χ1n) is 4.14. The standard InChI is InChI=1S/C10H10OS3/c1-13-8-4-6-2-3-14-10(6)9(12)7(8)5-11/h2-4,11-12H,5H2,1H3. The van der Waals surface area contributed by atoms with Gasteiger partial charge in [-0.25, -0.2) is 0 Å². The van der Waals surface area contributed by atoms with Crippen molar-refractivity contribution in [2.45, 2.75) is 16.4 Å². The Hall–Kier alpha value is -0.160. The highest BCUT2D eigenvalue weighted by Gasteiger charge is 2.10. The highest BCUT2D eigenvalue weighted by Crippen LogP contribution is 2.36. The van der Waals surface area contributed by atoms with E-state index in [4.69, 9.17) is 0 Å². The van der Waals surface area contributed by atoms with Crippen molar-refractivity contribution in [3.05, 3.63) is 23.1 Å². The minimum Gasteiger partial charge on any atom is -0.392 e. The van der Waals surface area contributed by atoms with Crippen LogP contribution in [0.15, 0.2) is 27.3 Å². The van der Waals surface area contributed by atoms with E-state index in [2.05, 4.69) is 30.1 Å². The maximum absolute atomic E-state index is 9.27. The van der Waals surface area contributed by atoms with Crippen LogP contribution in [-0.4, -0.2) is 11.4 Å². The molecule has 1 N–H and O–H groups in total. The zero-order valence-electron chi connectivity index (χ0n) is 7.65. The van der Waals surface area contributed by atoms with E-state index < -0.39 is 0 Å². The minimum atomic E-state index is 0.0584. The zero-order valence-corrected chi connectivity index (χ0v) is 10.2. The van der Waals surface area contributed by atoms with Gasteiger partial charge < -0.3 is 5.11 Å². The van der Waals surface area contributed by atoms with Gasteiger partial charge in [0.2, 0.25) is 0 Å². The predicted octanol–water partition coefficient (Wildman–Crippen LogP) is 3.40. The topological polar surface area (TPSA) is 20.2 Å². The van der Waals surface area contributed by atoms with Crippen LogP contribution in [0.5, 0.6) is 0 Å². The van der Waals surface area contributed by atoms with Crippen molar-refractivity contribution >= 4 is 45.8 Å². The Morgan fingerprint density at radius 3 is 3.00 bits per heavy atom. The predicted molar refractivity (Wildman–Crippen MR) is 66.8 cm³/mol. The van der Waals surface area contributed by atoms with E-state index in [9.17, 15) is 5.11 Å². The Balaban J connectivity index is 2.79. The van der Waals surface area contributed by atoms with E-state index in [0.29, 0.717) is 0 Å². The fraction of sp³-hybridized carbons (Fsp3) is 0.200. The molecule has 1 aromatic heterocycles. The molecular weight excluding hydrogens is 232 g/mol. The van der Waals surface area contributed by atoms with Crippen LogP contribution in [0.3, 0.4) is 0 Å². The monoisotopic (exact) mass is 242 g/mol. The summed E-state index contributed by atoms with van der Waals surface area (Å²) in [6.07, 6.45) is 2.01. The molecule has 0 fully saturated rings. The van der Waals surface area contributed by atoms with Crippen LogP contribution in [-0.2, 0) is 6.61 Å². The highest BCUT2D eigenvalue weighted by molar-refractivity contribution is 7.98. The van der Waals surface area contributed by atoms with Gasteiger partial charge in [0, 0.05) is 20.1 Å². The molecule has 74 valence electrons. The number of rotatable bonds is 2. The maximum Gasteiger partial charge on any atom is 0.0704 e. The number of thiol groups is 1. The van der Waals surface area contributed by atoms with Crippen LogP contribution in [0.1, 0.15) is 5.56 Å². The quantitative estimate of drug-likeness (QED) is 0.622. The Morgan fingerprint density at radius 2 is 2.36 bits per heavy atom. The summed E-state index contributed by atoms with van der Waals surface area (Å²) in [7, 11) is 0. The van der Waals surface area contributed by atoms with Crippen LogP contribution >= 0.6 is 35.7 Å². The molecule has 1 aromatic carbocycles. The van der Waals surface area contributed by atoms with Gasteiger partial charge in [-0.05, 0) is 29.2 Å². The third kappa shape index (κ3) is 1.56. The van der Waals surface area contributed by atoms with Crippen LogP contribution in [0, 0.1) is 0 Å². The van der Waals surface area contributed by atoms with Crippen molar-refractivity contribution in [3.8, 4) is 0 Å². The van der Waals surface area contributed by atoms with Gasteiger partial charge in [-0.3, -0.25) is 0 Å². The van der Waals surface area contributed by atoms with E-state index in [1.54, 1.807) is 23.1 Å². The number of hydrogen-bond donors (Lipinski definition) is 2. The molecule has 1 heterocycles. The first kappa shape index (κ1) is 10.4. The van der Waals surface area contributed by atoms with Gasteiger partial charge in [0.15, 0.2) is 0 Å². The lowest BCUT2D eigenvalue weighted by atomic mass is 10.2. The summed E-state index contributed by atoms with van der Waals surface area (Å²) in [5, 5.41) is 12.5. The maximum atomic E-state index is 9.27. The van der Waals surface area contributed by atoms with Crippen molar-refractivity contribution in [2.75, 3.05) is 6.26 Å². The Morgan fingerprint density at radius 1 is 1.57 bits per heavy atom. The molecule has 2 aromatic rings. The van der Waals surface area contributed by atoms with Gasteiger partial charge >= 0.3 is 0 Å². The molecule has 0 radical (unpaired) electrons. The summed E-state index contributed by atoms with van der Waals surface area (Å²) < 4.78 is 1.16.